The summed E-state index contributed by atoms with van der Waals surface area (Å²) in [6, 6.07) is 1.79. The van der Waals surface area contributed by atoms with Gasteiger partial charge in [0.05, 0.1) is 18.8 Å². The lowest BCUT2D eigenvalue weighted by Crippen LogP contribution is -2.64. The number of aromatic nitrogens is 2. The highest BCUT2D eigenvalue weighted by Crippen LogP contribution is 2.61. The molecule has 3 heterocycles. The third-order valence-electron chi connectivity index (χ3n) is 7.81. The lowest BCUT2D eigenvalue weighted by molar-refractivity contribution is -0.247. The number of nitrogens with zero attached hydrogens (tertiary/aromatic N) is 4. The summed E-state index contributed by atoms with van der Waals surface area (Å²) in [4.78, 5) is 73.9. The molecule has 2 aliphatic rings. The molecular formula is C27H35N7O19P2. The highest BCUT2D eigenvalue weighted by Gasteiger charge is 2.50. The largest absolute Gasteiger partial charge is 0.507 e. The highest BCUT2D eigenvalue weighted by molar-refractivity contribution is 7.61. The van der Waals surface area contributed by atoms with Crippen LogP contribution in [0.15, 0.2) is 51.4 Å². The van der Waals surface area contributed by atoms with E-state index in [0.29, 0.717) is 4.57 Å². The predicted octanol–water partition coefficient (Wildman–Crippen LogP) is -2.52. The maximum atomic E-state index is 12.7. The molecule has 28 heteroatoms. The number of phenolic OH excluding ortho intramolecular Hbond substituents is 1. The molecule has 2 amide bonds. The van der Waals surface area contributed by atoms with Crippen LogP contribution < -0.4 is 21.9 Å². The topological polar surface area (TPSA) is 404 Å². The number of phosphoric ester groups is 2. The Morgan fingerprint density at radius 3 is 2.40 bits per heavy atom. The monoisotopic (exact) mass is 823 g/mol. The number of phosphoric acid groups is 2. The van der Waals surface area contributed by atoms with Gasteiger partial charge in [-0.3, -0.25) is 33.0 Å². The lowest BCUT2D eigenvalue weighted by Gasteiger charge is -2.42. The first-order chi connectivity index (χ1) is 25.8. The maximum Gasteiger partial charge on any atom is 0.483 e. The summed E-state index contributed by atoms with van der Waals surface area (Å²) in [6.07, 6.45) is -11.7. The molecular weight excluding hydrogens is 788 g/mol. The van der Waals surface area contributed by atoms with Crippen molar-refractivity contribution in [2.24, 2.45) is 5.11 Å². The summed E-state index contributed by atoms with van der Waals surface area (Å²) in [6.45, 7) is -1.09. The average molecular weight is 824 g/mol. The van der Waals surface area contributed by atoms with Gasteiger partial charge in [-0.15, -0.1) is 0 Å². The van der Waals surface area contributed by atoms with Crippen LogP contribution in [0.4, 0.5) is 5.69 Å². The van der Waals surface area contributed by atoms with Gasteiger partial charge in [0.2, 0.25) is 5.91 Å². The summed E-state index contributed by atoms with van der Waals surface area (Å²) < 4.78 is 50.0. The number of hydrogen-bond acceptors (Lipinski definition) is 18. The van der Waals surface area contributed by atoms with E-state index in [9.17, 15) is 68.7 Å². The molecule has 2 fully saturated rings. The molecule has 55 heavy (non-hydrogen) atoms. The standard InChI is InChI=1S/C27H35N7O19P2/c1-11(36)30-18-21(40)19(38)16(9-35)51-26(18)52-55(47,48)53-54(45,46)49-10-17-20(39)22(41)25(50-17)34-8-12(23(42)31-27(34)44)3-2-6-29-24(43)14-5-4-13(32-33-28)7-15(14)37/h2,4-8,16-22,25-26,35,37-41H,3,9-10H2,1H3,(H,29,43)(H,30,36)(H,45,46)(H,47,48)(H,31,42,44)/b6-2+/t16?,17-,18?,19?,20-,21?,22-,25-,26?/m1/s1. The fourth-order valence-electron chi connectivity index (χ4n) is 5.21. The van der Waals surface area contributed by atoms with E-state index >= 15 is 0 Å². The van der Waals surface area contributed by atoms with Crippen molar-refractivity contribution >= 4 is 33.1 Å². The first-order valence-corrected chi connectivity index (χ1v) is 18.6. The molecule has 11 N–H and O–H groups in total. The van der Waals surface area contributed by atoms with Crippen LogP contribution in [0.1, 0.15) is 29.1 Å². The van der Waals surface area contributed by atoms with Gasteiger partial charge in [0.15, 0.2) is 12.5 Å². The summed E-state index contributed by atoms with van der Waals surface area (Å²) >= 11 is 0. The molecule has 0 radical (unpaired) electrons. The van der Waals surface area contributed by atoms with E-state index in [0.717, 1.165) is 25.4 Å². The number of H-pyrrole nitrogens is 1. The van der Waals surface area contributed by atoms with Crippen molar-refractivity contribution in [2.45, 2.75) is 68.5 Å². The second kappa shape index (κ2) is 18.1. The minimum absolute atomic E-state index is 0.0560. The zero-order valence-corrected chi connectivity index (χ0v) is 29.8. The molecule has 0 spiro atoms. The van der Waals surface area contributed by atoms with E-state index in [1.165, 1.54) is 18.2 Å². The van der Waals surface area contributed by atoms with Gasteiger partial charge < -0.3 is 60.5 Å². The van der Waals surface area contributed by atoms with E-state index in [-0.39, 0.29) is 23.2 Å². The maximum absolute atomic E-state index is 12.7. The zero-order chi connectivity index (χ0) is 40.8. The Balaban J connectivity index is 1.38. The van der Waals surface area contributed by atoms with Crippen molar-refractivity contribution < 1.29 is 82.0 Å². The fourth-order valence-corrected chi connectivity index (χ4v) is 7.38. The Morgan fingerprint density at radius 2 is 1.76 bits per heavy atom. The molecule has 2 saturated heterocycles. The van der Waals surface area contributed by atoms with Gasteiger partial charge in [-0.2, -0.15) is 4.31 Å². The molecule has 0 aliphatic carbocycles. The van der Waals surface area contributed by atoms with Crippen molar-refractivity contribution in [1.82, 2.24) is 20.2 Å². The average Bonchev–Trinajstić information content (AvgIpc) is 3.37. The number of aromatic hydroxyl groups is 1. The number of allylic oxidation sites excluding steroid dienone is 1. The highest BCUT2D eigenvalue weighted by atomic mass is 31.3. The van der Waals surface area contributed by atoms with Gasteiger partial charge >= 0.3 is 21.3 Å². The van der Waals surface area contributed by atoms with Crippen LogP contribution in [0.3, 0.4) is 0 Å². The molecule has 4 rings (SSSR count). The number of hydrogen-bond donors (Lipinski definition) is 11. The number of benzene rings is 1. The van der Waals surface area contributed by atoms with Gasteiger partial charge in [0.25, 0.3) is 11.5 Å². The predicted molar refractivity (Wildman–Crippen MR) is 178 cm³/mol. The van der Waals surface area contributed by atoms with Crippen molar-refractivity contribution in [3.8, 4) is 5.75 Å². The minimum atomic E-state index is -5.73. The van der Waals surface area contributed by atoms with Gasteiger partial charge in [0.1, 0.15) is 48.4 Å². The van der Waals surface area contributed by atoms with Gasteiger partial charge in [-0.05, 0) is 24.1 Å². The summed E-state index contributed by atoms with van der Waals surface area (Å²) in [5.74, 6) is -2.09. The molecule has 1 aromatic heterocycles. The number of carbonyl (C=O) groups excluding carboxylic acids is 2. The molecule has 302 valence electrons. The SMILES string of the molecule is CC(=O)NC1C(OP(=O)(O)OP(=O)(O)OC[C@H]2O[C@@H](n3cc(C/C=C/NC(=O)c4ccc(N=[N+]=[N-])cc4O)c(=O)[nH]c3=O)[C@H](O)[C@@H]2O)OC(CO)C(O)C1O. The molecule has 2 aromatic rings. The van der Waals surface area contributed by atoms with Crippen LogP contribution >= 0.6 is 15.6 Å². The smallest absolute Gasteiger partial charge is 0.483 e. The Labute approximate surface area is 307 Å². The first-order valence-electron chi connectivity index (χ1n) is 15.6. The third kappa shape index (κ3) is 10.9. The van der Waals surface area contributed by atoms with Crippen molar-refractivity contribution in [3.05, 3.63) is 79.1 Å². The molecule has 1 aromatic carbocycles. The van der Waals surface area contributed by atoms with Crippen molar-refractivity contribution in [2.75, 3.05) is 13.2 Å². The van der Waals surface area contributed by atoms with Crippen LogP contribution in [0, 0.1) is 0 Å². The summed E-state index contributed by atoms with van der Waals surface area (Å²) in [5, 5.41) is 68.7. The molecule has 11 atom stereocenters. The van der Waals surface area contributed by atoms with Gasteiger partial charge in [-0.25, -0.2) is 13.9 Å². The lowest BCUT2D eigenvalue weighted by atomic mass is 9.97. The van der Waals surface area contributed by atoms with E-state index in [1.807, 2.05) is 4.98 Å². The Bertz CT molecular complexity index is 2040. The molecule has 2 aliphatic heterocycles. The zero-order valence-electron chi connectivity index (χ0n) is 28.0. The summed E-state index contributed by atoms with van der Waals surface area (Å²) in [7, 11) is -11.4. The minimum Gasteiger partial charge on any atom is -0.507 e. The fraction of sp³-hybridized carbons (Fsp3) is 0.481. The van der Waals surface area contributed by atoms with Crippen LogP contribution in [0.2, 0.25) is 0 Å². The third-order valence-corrected chi connectivity index (χ3v) is 10.4. The number of phenols is 1. The number of rotatable bonds is 15. The van der Waals surface area contributed by atoms with E-state index < -0.39 is 113 Å². The van der Waals surface area contributed by atoms with Gasteiger partial charge in [-0.1, -0.05) is 17.3 Å². The molecule has 0 bridgehead atoms. The number of aliphatic hydroxyl groups is 5. The number of amides is 2. The van der Waals surface area contributed by atoms with Crippen LogP contribution in [-0.2, 0) is 43.2 Å². The number of aliphatic hydroxyl groups excluding tert-OH is 5. The normalized spacial score (nSPS) is 28.8. The number of aromatic amines is 1. The van der Waals surface area contributed by atoms with Crippen LogP contribution in [0.25, 0.3) is 10.4 Å². The second-order valence-corrected chi connectivity index (χ2v) is 14.7. The molecule has 0 saturated carbocycles. The first kappa shape index (κ1) is 43.4. The molecule has 7 unspecified atom stereocenters. The van der Waals surface area contributed by atoms with E-state index in [4.69, 9.17) is 19.5 Å². The van der Waals surface area contributed by atoms with E-state index in [2.05, 4.69) is 29.5 Å². The molecule has 26 nitrogen and oxygen atoms in total. The number of carbonyl (C=O) groups is 2. The number of ether oxygens (including phenoxy) is 2. The Morgan fingerprint density at radius 1 is 1.07 bits per heavy atom. The second-order valence-electron chi connectivity index (χ2n) is 11.7. The van der Waals surface area contributed by atoms with Crippen LogP contribution in [-0.4, -0.2) is 124 Å². The number of azide groups is 1. The quantitative estimate of drug-likeness (QED) is 0.0382. The Hall–Kier alpha value is -4.33. The number of nitrogens with one attached hydrogen (secondary N) is 3. The van der Waals surface area contributed by atoms with Crippen molar-refractivity contribution in [1.29, 1.82) is 0 Å². The van der Waals surface area contributed by atoms with Gasteiger partial charge in [0, 0.05) is 35.5 Å². The van der Waals surface area contributed by atoms with E-state index in [1.54, 1.807) is 0 Å². The summed E-state index contributed by atoms with van der Waals surface area (Å²) in [5.41, 5.74) is 6.23. The van der Waals surface area contributed by atoms with Crippen molar-refractivity contribution in [3.63, 3.8) is 0 Å². The van der Waals surface area contributed by atoms with Crippen LogP contribution in [0.5, 0.6) is 5.75 Å². The Kier molecular flexibility index (Phi) is 14.3.